The highest BCUT2D eigenvalue weighted by atomic mass is 32.2. The van der Waals surface area contributed by atoms with Crippen molar-refractivity contribution >= 4 is 86.4 Å². The summed E-state index contributed by atoms with van der Waals surface area (Å²) >= 11 is 1.59. The van der Waals surface area contributed by atoms with Gasteiger partial charge in [-0.2, -0.15) is 11.8 Å². The Bertz CT molecular complexity index is 2380. The second kappa shape index (κ2) is 27.7. The molecule has 3 aliphatic heterocycles. The number of aliphatic hydroxyl groups is 2. The number of aromatic amines is 1. The van der Waals surface area contributed by atoms with Crippen molar-refractivity contribution < 1.29 is 62.3 Å². The lowest BCUT2D eigenvalue weighted by Crippen LogP contribution is -2.60. The lowest BCUT2D eigenvalue weighted by Gasteiger charge is -2.32. The van der Waals surface area contributed by atoms with Crippen molar-refractivity contribution in [2.45, 2.75) is 128 Å². The molecule has 22 nitrogen and oxygen atoms in total. The van der Waals surface area contributed by atoms with E-state index in [1.807, 2.05) is 6.92 Å². The standard InChI is InChI=1S/C48H71N9O13S2.CH4/c1-6-25(3)30-16-28(59)18-51-43(64)27-14-31-29-9-10-38(70-5)32(22-71-12-8-7-11-49)42(29)56-47(31)72(69)23-34(53-40(63)19-52-44(30)65)45(66)54-33(17-39(50)62)48(68)57-20-24(2)13-35(57)46(67)55-41(36(60)15-27)26(4)37(61)21-58;/h9-10,24-27,30,33-35,37,41,56,58,61H,6-8,11-23,49H2,1-5H3,(H2,50,62)(H,51,64)(H,52,65)(H,53,63)(H,54,66)(H,55,67);1H4/t24-,25+,26+,27-,30+,33+,34+,35+,37+,41+,72?;/m1./s1. The zero-order chi connectivity index (χ0) is 53.0. The predicted octanol–water partition coefficient (Wildman–Crippen LogP) is -0.553. The van der Waals surface area contributed by atoms with Gasteiger partial charge in [0.1, 0.15) is 28.9 Å². The molecule has 5 rings (SSSR count). The maximum Gasteiger partial charge on any atom is 0.246 e. The Labute approximate surface area is 432 Å². The Morgan fingerprint density at radius 3 is 2.33 bits per heavy atom. The zero-order valence-corrected chi connectivity index (χ0v) is 43.2. The molecule has 4 heterocycles. The van der Waals surface area contributed by atoms with E-state index in [4.69, 9.17) is 16.2 Å². The summed E-state index contributed by atoms with van der Waals surface area (Å²) < 4.78 is 20.9. The number of H-pyrrole nitrogens is 1. The van der Waals surface area contributed by atoms with Gasteiger partial charge in [-0.05, 0) is 67.5 Å². The number of nitrogens with one attached hydrogen (secondary N) is 6. The molecular formula is C49H75N9O13S2. The molecule has 2 aromatic rings. The molecule has 1 aromatic carbocycles. The number of methoxy groups -OCH3 is 1. The minimum absolute atomic E-state index is 0. The number of unbranched alkanes of at least 4 members (excludes halogenated alkanes) is 1. The number of rotatable bonds is 14. The number of nitrogens with zero attached hydrogens (tertiary/aromatic N) is 1. The van der Waals surface area contributed by atoms with Gasteiger partial charge in [-0.1, -0.05) is 41.5 Å². The van der Waals surface area contributed by atoms with E-state index in [0.29, 0.717) is 40.9 Å². The second-order valence-electron chi connectivity index (χ2n) is 19.2. The monoisotopic (exact) mass is 1060 g/mol. The highest BCUT2D eigenvalue weighted by molar-refractivity contribution is 7.98. The van der Waals surface area contributed by atoms with Crippen molar-refractivity contribution in [1.82, 2.24) is 36.5 Å². The average molecular weight is 1060 g/mol. The summed E-state index contributed by atoms with van der Waals surface area (Å²) in [5.41, 5.74) is 12.7. The number of carbonyl (C=O) groups is 9. The van der Waals surface area contributed by atoms with Gasteiger partial charge >= 0.3 is 0 Å². The van der Waals surface area contributed by atoms with Crippen LogP contribution in [-0.2, 0) is 66.1 Å². The molecule has 11 atom stereocenters. The van der Waals surface area contributed by atoms with Gasteiger partial charge in [0.25, 0.3) is 0 Å². The molecule has 0 saturated carbocycles. The molecule has 24 heteroatoms. The van der Waals surface area contributed by atoms with Crippen LogP contribution < -0.4 is 42.8 Å². The number of thioether (sulfide) groups is 1. The zero-order valence-electron chi connectivity index (χ0n) is 41.5. The van der Waals surface area contributed by atoms with Crippen LogP contribution in [0.5, 0.6) is 5.75 Å². The molecule has 1 unspecified atom stereocenters. The van der Waals surface area contributed by atoms with Gasteiger partial charge < -0.3 is 62.9 Å². The molecule has 2 bridgehead atoms. The summed E-state index contributed by atoms with van der Waals surface area (Å²) in [5, 5.41) is 34.4. The average Bonchev–Trinajstić information content (AvgIpc) is 3.93. The van der Waals surface area contributed by atoms with E-state index in [0.717, 1.165) is 23.5 Å². The first-order chi connectivity index (χ1) is 34.2. The smallest absolute Gasteiger partial charge is 0.246 e. The Morgan fingerprint density at radius 2 is 1.67 bits per heavy atom. The van der Waals surface area contributed by atoms with Crippen LogP contribution in [0.2, 0.25) is 0 Å². The van der Waals surface area contributed by atoms with Gasteiger partial charge in [0.2, 0.25) is 41.4 Å². The largest absolute Gasteiger partial charge is 0.496 e. The number of benzene rings is 1. The molecule has 3 aliphatic rings. The minimum atomic E-state index is -2.31. The van der Waals surface area contributed by atoms with E-state index in [9.17, 15) is 53.4 Å². The number of aromatic nitrogens is 1. The number of aliphatic hydroxyl groups excluding tert-OH is 2. The van der Waals surface area contributed by atoms with Crippen molar-refractivity contribution in [3.05, 3.63) is 23.3 Å². The number of amides is 7. The van der Waals surface area contributed by atoms with Crippen LogP contribution in [0.1, 0.15) is 91.2 Å². The van der Waals surface area contributed by atoms with E-state index in [-0.39, 0.29) is 55.7 Å². The maximum atomic E-state index is 15.2. The van der Waals surface area contributed by atoms with E-state index in [1.54, 1.807) is 37.7 Å². The SMILES string of the molecule is C.CC[C@H](C)[C@@H]1CC(=O)CNC(=O)[C@H]2CC(=O)[C@H]([C@@H](C)[C@@H](O)CO)NC(=O)[C@@H]3C[C@@H](C)CN3C(=O)[C@H](CC(N)=O)NC(=O)[C@H](CS(=O)c3[nH]c4c(CSCCCCN)c(OC)ccc4c3C2)NC(=O)CNC1=O. The molecule has 73 heavy (non-hydrogen) atoms. The fraction of sp³-hybridized carbons (Fsp3) is 0.653. The number of nitrogens with two attached hydrogens (primary N) is 2. The Hall–Kier alpha value is -5.43. The number of Topliss-reactive ketones (excluding diaryl/α,β-unsaturated/α-hetero) is 2. The molecular weight excluding hydrogens is 987 g/mol. The highest BCUT2D eigenvalue weighted by Crippen LogP contribution is 2.37. The summed E-state index contributed by atoms with van der Waals surface area (Å²) in [6.07, 6.45) is -1.48. The third-order valence-electron chi connectivity index (χ3n) is 13.9. The first kappa shape index (κ1) is 60.1. The molecule has 12 N–H and O–H groups in total. The quantitative estimate of drug-likeness (QED) is 0.106. The Balaban J connectivity index is 0.0000116. The third kappa shape index (κ3) is 15.3. The normalized spacial score (nSPS) is 26.5. The van der Waals surface area contributed by atoms with Crippen molar-refractivity contribution in [1.29, 1.82) is 0 Å². The van der Waals surface area contributed by atoms with E-state index < -0.39 is 150 Å². The van der Waals surface area contributed by atoms with Gasteiger partial charge in [-0.3, -0.25) is 47.4 Å². The molecule has 0 radical (unpaired) electrons. The Morgan fingerprint density at radius 1 is 0.959 bits per heavy atom. The van der Waals surface area contributed by atoms with Gasteiger partial charge in [0, 0.05) is 53.8 Å². The fourth-order valence-electron chi connectivity index (χ4n) is 9.46. The van der Waals surface area contributed by atoms with Crippen LogP contribution in [0.4, 0.5) is 0 Å². The molecule has 1 aromatic heterocycles. The van der Waals surface area contributed by atoms with Crippen LogP contribution >= 0.6 is 11.8 Å². The van der Waals surface area contributed by atoms with Crippen LogP contribution in [0.25, 0.3) is 10.9 Å². The number of hydrogen-bond acceptors (Lipinski definition) is 15. The van der Waals surface area contributed by atoms with E-state index in [2.05, 4.69) is 31.6 Å². The lowest BCUT2D eigenvalue weighted by atomic mass is 9.85. The van der Waals surface area contributed by atoms with Crippen molar-refractivity contribution in [2.75, 3.05) is 51.4 Å². The molecule has 1 fully saturated rings. The van der Waals surface area contributed by atoms with Crippen LogP contribution in [-0.4, -0.2) is 159 Å². The number of ketones is 2. The number of primary amides is 1. The first-order valence-electron chi connectivity index (χ1n) is 24.5. The van der Waals surface area contributed by atoms with Gasteiger partial charge in [-0.25, -0.2) is 0 Å². The predicted molar refractivity (Wildman–Crippen MR) is 274 cm³/mol. The molecule has 7 amide bonds. The minimum Gasteiger partial charge on any atom is -0.496 e. The summed E-state index contributed by atoms with van der Waals surface area (Å²) in [5.74, 6) is -10.8. The summed E-state index contributed by atoms with van der Waals surface area (Å²) in [6, 6.07) is -2.92. The Kier molecular flexibility index (Phi) is 22.9. The van der Waals surface area contributed by atoms with Crippen molar-refractivity contribution in [2.24, 2.45) is 41.1 Å². The lowest BCUT2D eigenvalue weighted by molar-refractivity contribution is -0.143. The molecule has 1 saturated heterocycles. The van der Waals surface area contributed by atoms with Gasteiger partial charge in [0.15, 0.2) is 11.6 Å². The first-order valence-corrected chi connectivity index (χ1v) is 26.9. The summed E-state index contributed by atoms with van der Waals surface area (Å²) in [6.45, 7) is 5.13. The molecule has 0 aliphatic carbocycles. The summed E-state index contributed by atoms with van der Waals surface area (Å²) in [4.78, 5) is 131. The molecule has 0 spiro atoms. The van der Waals surface area contributed by atoms with Gasteiger partial charge in [-0.15, -0.1) is 0 Å². The summed E-state index contributed by atoms with van der Waals surface area (Å²) in [7, 11) is -0.827. The van der Waals surface area contributed by atoms with E-state index >= 15 is 4.21 Å². The van der Waals surface area contributed by atoms with Gasteiger partial charge in [0.05, 0.1) is 67.4 Å². The van der Waals surface area contributed by atoms with Crippen LogP contribution in [0.15, 0.2) is 17.2 Å². The number of hydrogen-bond donors (Lipinski definition) is 10. The van der Waals surface area contributed by atoms with Crippen molar-refractivity contribution in [3.63, 3.8) is 0 Å². The van der Waals surface area contributed by atoms with Crippen LogP contribution in [0, 0.1) is 29.6 Å². The fourth-order valence-corrected chi connectivity index (χ4v) is 11.9. The molecule has 406 valence electrons. The highest BCUT2D eigenvalue weighted by Gasteiger charge is 2.44. The third-order valence-corrected chi connectivity index (χ3v) is 16.4. The second-order valence-corrected chi connectivity index (χ2v) is 21.7. The van der Waals surface area contributed by atoms with Crippen molar-refractivity contribution in [3.8, 4) is 5.75 Å². The van der Waals surface area contributed by atoms with E-state index in [1.165, 1.54) is 14.0 Å². The maximum absolute atomic E-state index is 15.2. The number of carbonyl (C=O) groups excluding carboxylic acids is 9. The van der Waals surface area contributed by atoms with Crippen LogP contribution in [0.3, 0.4) is 0 Å². The number of fused-ring (bicyclic) bond motifs is 5. The number of ether oxygens (including phenoxy) is 1. The topological polar surface area (TPSA) is 352 Å².